The lowest BCUT2D eigenvalue weighted by atomic mass is 9.98. The Kier molecular flexibility index (Phi) is 5.40. The Labute approximate surface area is 132 Å². The Morgan fingerprint density at radius 2 is 1.23 bits per heavy atom. The molecule has 0 amide bonds. The number of carbonyl (C=O) groups is 1. The number of hydrogen-bond donors (Lipinski definition) is 0. The molecule has 116 valence electrons. The zero-order valence-electron chi connectivity index (χ0n) is 12.9. The normalized spacial score (nSPS) is 11.1. The highest BCUT2D eigenvalue weighted by molar-refractivity contribution is 7.43. The molecule has 0 spiro atoms. The lowest BCUT2D eigenvalue weighted by Gasteiger charge is -2.21. The summed E-state index contributed by atoms with van der Waals surface area (Å²) in [4.78, 5) is 12.1. The SMILES string of the molecule is CC(C)(C)C(=O)OP(Oc1ccccc1)Oc1ccccc1. The van der Waals surface area contributed by atoms with Crippen molar-refractivity contribution in [3.63, 3.8) is 0 Å². The van der Waals surface area contributed by atoms with Gasteiger partial charge >= 0.3 is 14.6 Å². The molecule has 2 aromatic rings. The average molecular weight is 318 g/mol. The molecule has 22 heavy (non-hydrogen) atoms. The molecule has 0 unspecified atom stereocenters. The van der Waals surface area contributed by atoms with Gasteiger partial charge in [-0.15, -0.1) is 0 Å². The van der Waals surface area contributed by atoms with Crippen molar-refractivity contribution in [2.24, 2.45) is 5.41 Å². The maximum atomic E-state index is 12.1. The van der Waals surface area contributed by atoms with Crippen LogP contribution in [0.2, 0.25) is 0 Å². The van der Waals surface area contributed by atoms with E-state index in [0.29, 0.717) is 11.5 Å². The van der Waals surface area contributed by atoms with Crippen molar-refractivity contribution >= 4 is 14.6 Å². The summed E-state index contributed by atoms with van der Waals surface area (Å²) in [5.74, 6) is 0.808. The van der Waals surface area contributed by atoms with Gasteiger partial charge in [-0.2, -0.15) is 0 Å². The third kappa shape index (κ3) is 5.05. The third-order valence-electron chi connectivity index (χ3n) is 2.62. The van der Waals surface area contributed by atoms with E-state index < -0.39 is 14.0 Å². The van der Waals surface area contributed by atoms with E-state index in [-0.39, 0.29) is 5.97 Å². The second-order valence-corrected chi connectivity index (χ2v) is 6.66. The van der Waals surface area contributed by atoms with E-state index in [2.05, 4.69) is 0 Å². The Hall–Kier alpha value is -2.06. The summed E-state index contributed by atoms with van der Waals surface area (Å²) in [6.07, 6.45) is 0. The molecule has 0 saturated heterocycles. The highest BCUT2D eigenvalue weighted by atomic mass is 31.2. The Morgan fingerprint density at radius 1 is 0.818 bits per heavy atom. The fourth-order valence-electron chi connectivity index (χ4n) is 1.40. The summed E-state index contributed by atoms with van der Waals surface area (Å²) < 4.78 is 16.8. The van der Waals surface area contributed by atoms with Crippen molar-refractivity contribution in [3.8, 4) is 11.5 Å². The molecule has 0 heterocycles. The van der Waals surface area contributed by atoms with Gasteiger partial charge in [0.2, 0.25) is 0 Å². The van der Waals surface area contributed by atoms with Gasteiger partial charge in [-0.1, -0.05) is 36.4 Å². The quantitative estimate of drug-likeness (QED) is 0.731. The Morgan fingerprint density at radius 3 is 1.59 bits per heavy atom. The summed E-state index contributed by atoms with van der Waals surface area (Å²) >= 11 is 0. The standard InChI is InChI=1S/C17H19O4P/c1-17(2,3)16(18)21-22(19-14-10-6-4-7-11-14)20-15-12-8-5-9-13-15/h4-13H,1-3H3. The maximum absolute atomic E-state index is 12.1. The molecule has 0 aliphatic heterocycles. The van der Waals surface area contributed by atoms with E-state index in [1.54, 1.807) is 45.0 Å². The van der Waals surface area contributed by atoms with Crippen LogP contribution < -0.4 is 9.05 Å². The molecule has 4 nitrogen and oxygen atoms in total. The first kappa shape index (κ1) is 16.3. The lowest BCUT2D eigenvalue weighted by molar-refractivity contribution is -0.143. The average Bonchev–Trinajstić information content (AvgIpc) is 2.48. The van der Waals surface area contributed by atoms with Crippen molar-refractivity contribution in [2.45, 2.75) is 20.8 Å². The van der Waals surface area contributed by atoms with Crippen LogP contribution in [-0.4, -0.2) is 5.97 Å². The fraction of sp³-hybridized carbons (Fsp3) is 0.235. The zero-order chi connectivity index (χ0) is 16.0. The molecule has 0 radical (unpaired) electrons. The number of rotatable bonds is 5. The minimum Gasteiger partial charge on any atom is -0.408 e. The monoisotopic (exact) mass is 318 g/mol. The summed E-state index contributed by atoms with van der Waals surface area (Å²) in [7, 11) is -1.87. The minimum absolute atomic E-state index is 0.370. The molecule has 0 aliphatic rings. The van der Waals surface area contributed by atoms with Gasteiger partial charge in [-0.25, -0.2) is 0 Å². The van der Waals surface area contributed by atoms with E-state index in [9.17, 15) is 4.79 Å². The van der Waals surface area contributed by atoms with Gasteiger partial charge in [0.05, 0.1) is 5.41 Å². The van der Waals surface area contributed by atoms with E-state index >= 15 is 0 Å². The molecular formula is C17H19O4P. The molecule has 0 N–H and O–H groups in total. The van der Waals surface area contributed by atoms with Gasteiger partial charge < -0.3 is 13.6 Å². The predicted molar refractivity (Wildman–Crippen MR) is 86.6 cm³/mol. The fourth-order valence-corrected chi connectivity index (χ4v) is 2.50. The molecule has 0 aliphatic carbocycles. The highest BCUT2D eigenvalue weighted by Crippen LogP contribution is 2.43. The van der Waals surface area contributed by atoms with E-state index in [0.717, 1.165) is 0 Å². The highest BCUT2D eigenvalue weighted by Gasteiger charge is 2.30. The number of carbonyl (C=O) groups excluding carboxylic acids is 1. The van der Waals surface area contributed by atoms with Gasteiger partial charge in [0.15, 0.2) is 0 Å². The number of benzene rings is 2. The maximum Gasteiger partial charge on any atom is 0.532 e. The van der Waals surface area contributed by atoms with E-state index in [1.807, 2.05) is 36.4 Å². The van der Waals surface area contributed by atoms with Crippen molar-refractivity contribution in [1.29, 1.82) is 0 Å². The Bertz CT molecular complexity index is 552. The van der Waals surface area contributed by atoms with Crippen LogP contribution in [0.25, 0.3) is 0 Å². The summed E-state index contributed by atoms with van der Waals surface area (Å²) in [6, 6.07) is 18.3. The van der Waals surface area contributed by atoms with Gasteiger partial charge in [-0.05, 0) is 45.0 Å². The Balaban J connectivity index is 2.11. The van der Waals surface area contributed by atoms with Crippen LogP contribution in [0.5, 0.6) is 11.5 Å². The number of hydrogen-bond acceptors (Lipinski definition) is 4. The predicted octanol–water partition coefficient (Wildman–Crippen LogP) is 4.96. The zero-order valence-corrected chi connectivity index (χ0v) is 13.7. The van der Waals surface area contributed by atoms with Gasteiger partial charge in [0.25, 0.3) is 0 Å². The third-order valence-corrected chi connectivity index (χ3v) is 3.65. The van der Waals surface area contributed by atoms with Crippen LogP contribution in [0.4, 0.5) is 0 Å². The molecule has 2 rings (SSSR count). The van der Waals surface area contributed by atoms with E-state index in [4.69, 9.17) is 13.6 Å². The molecular weight excluding hydrogens is 299 g/mol. The van der Waals surface area contributed by atoms with Gasteiger partial charge in [-0.3, -0.25) is 4.79 Å². The summed E-state index contributed by atoms with van der Waals surface area (Å²) in [6.45, 7) is 5.36. The first-order valence-electron chi connectivity index (χ1n) is 6.94. The first-order valence-corrected chi connectivity index (χ1v) is 8.03. The van der Waals surface area contributed by atoms with Crippen LogP contribution in [0.3, 0.4) is 0 Å². The van der Waals surface area contributed by atoms with Crippen LogP contribution in [0, 0.1) is 5.41 Å². The van der Waals surface area contributed by atoms with Crippen molar-refractivity contribution in [3.05, 3.63) is 60.7 Å². The van der Waals surface area contributed by atoms with Crippen molar-refractivity contribution < 1.29 is 18.4 Å². The first-order chi connectivity index (χ1) is 10.4. The van der Waals surface area contributed by atoms with Crippen LogP contribution in [0.1, 0.15) is 20.8 Å². The summed E-state index contributed by atoms with van der Waals surface area (Å²) in [5, 5.41) is 0. The molecule has 0 bridgehead atoms. The lowest BCUT2D eigenvalue weighted by Crippen LogP contribution is -2.22. The minimum atomic E-state index is -1.87. The van der Waals surface area contributed by atoms with Gasteiger partial charge in [0, 0.05) is 0 Å². The molecule has 0 aromatic heterocycles. The molecule has 5 heteroatoms. The second-order valence-electron chi connectivity index (χ2n) is 5.66. The molecule has 0 atom stereocenters. The van der Waals surface area contributed by atoms with Crippen molar-refractivity contribution in [2.75, 3.05) is 0 Å². The van der Waals surface area contributed by atoms with E-state index in [1.165, 1.54) is 0 Å². The largest absolute Gasteiger partial charge is 0.532 e. The molecule has 0 fully saturated rings. The van der Waals surface area contributed by atoms with Gasteiger partial charge in [0.1, 0.15) is 11.5 Å². The smallest absolute Gasteiger partial charge is 0.408 e. The topological polar surface area (TPSA) is 44.8 Å². The summed E-state index contributed by atoms with van der Waals surface area (Å²) in [5.41, 5.74) is -0.624. The van der Waals surface area contributed by atoms with Crippen LogP contribution >= 0.6 is 8.60 Å². The van der Waals surface area contributed by atoms with Crippen molar-refractivity contribution in [1.82, 2.24) is 0 Å². The second kappa shape index (κ2) is 7.28. The van der Waals surface area contributed by atoms with Crippen LogP contribution in [0.15, 0.2) is 60.7 Å². The number of para-hydroxylation sites is 2. The molecule has 0 saturated carbocycles. The van der Waals surface area contributed by atoms with Crippen LogP contribution in [-0.2, 0) is 9.32 Å². The molecule has 2 aromatic carbocycles.